The third kappa shape index (κ3) is 3.60. The number of rotatable bonds is 4. The number of halogens is 2. The summed E-state index contributed by atoms with van der Waals surface area (Å²) in [6.45, 7) is 0.792. The first kappa shape index (κ1) is 15.5. The van der Waals surface area contributed by atoms with Gasteiger partial charge in [0.1, 0.15) is 5.82 Å². The fourth-order valence-electron chi connectivity index (χ4n) is 2.11. The van der Waals surface area contributed by atoms with Crippen LogP contribution in [0, 0.1) is 11.7 Å². The normalized spacial score (nSPS) is 18.1. The van der Waals surface area contributed by atoms with Crippen molar-refractivity contribution in [3.63, 3.8) is 0 Å². The number of nitrogens with one attached hydrogen (secondary N) is 1. The van der Waals surface area contributed by atoms with Crippen molar-refractivity contribution in [1.82, 2.24) is 4.31 Å². The van der Waals surface area contributed by atoms with Gasteiger partial charge >= 0.3 is 10.2 Å². The molecule has 1 fully saturated rings. The molecule has 0 saturated carbocycles. The van der Waals surface area contributed by atoms with Gasteiger partial charge in [-0.25, -0.2) is 4.39 Å². The van der Waals surface area contributed by atoms with Crippen molar-refractivity contribution >= 4 is 27.5 Å². The first-order valence-corrected chi connectivity index (χ1v) is 8.08. The quantitative estimate of drug-likeness (QED) is 0.888. The van der Waals surface area contributed by atoms with Crippen LogP contribution in [0.15, 0.2) is 18.2 Å². The second-order valence-corrected chi connectivity index (χ2v) is 6.84. The Morgan fingerprint density at radius 3 is 2.60 bits per heavy atom. The van der Waals surface area contributed by atoms with E-state index < -0.39 is 16.0 Å². The lowest BCUT2D eigenvalue weighted by Crippen LogP contribution is -2.42. The lowest BCUT2D eigenvalue weighted by Gasteiger charge is -2.30. The molecule has 0 atom stereocenters. The van der Waals surface area contributed by atoms with Crippen molar-refractivity contribution in [2.24, 2.45) is 5.92 Å². The number of piperidine rings is 1. The fourth-order valence-corrected chi connectivity index (χ4v) is 3.53. The van der Waals surface area contributed by atoms with E-state index in [2.05, 4.69) is 4.72 Å². The predicted molar refractivity (Wildman–Crippen MR) is 75.3 cm³/mol. The lowest BCUT2D eigenvalue weighted by molar-refractivity contribution is 0.170. The maximum atomic E-state index is 13.0. The average Bonchev–Trinajstić information content (AvgIpc) is 2.43. The Bertz CT molecular complexity index is 574. The maximum Gasteiger partial charge on any atom is 0.301 e. The molecule has 1 aliphatic rings. The summed E-state index contributed by atoms with van der Waals surface area (Å²) in [6.07, 6.45) is 1.25. The molecule has 8 heteroatoms. The van der Waals surface area contributed by atoms with Crippen LogP contribution in [-0.4, -0.2) is 37.5 Å². The second-order valence-electron chi connectivity index (χ2n) is 4.76. The Hall–Kier alpha value is -0.890. The monoisotopic (exact) mass is 322 g/mol. The molecule has 112 valence electrons. The zero-order chi connectivity index (χ0) is 14.8. The summed E-state index contributed by atoms with van der Waals surface area (Å²) in [5.74, 6) is -0.444. The molecule has 1 aromatic carbocycles. The highest BCUT2D eigenvalue weighted by atomic mass is 35.5. The van der Waals surface area contributed by atoms with Crippen LogP contribution in [0.2, 0.25) is 5.02 Å². The van der Waals surface area contributed by atoms with Gasteiger partial charge in [-0.05, 0) is 37.0 Å². The largest absolute Gasteiger partial charge is 0.396 e. The smallest absolute Gasteiger partial charge is 0.301 e. The molecular formula is C12H16ClFN2O3S. The molecule has 0 spiro atoms. The highest BCUT2D eigenvalue weighted by molar-refractivity contribution is 7.90. The number of aliphatic hydroxyl groups excluding tert-OH is 1. The van der Waals surface area contributed by atoms with Gasteiger partial charge < -0.3 is 5.11 Å². The first-order chi connectivity index (χ1) is 9.42. The standard InChI is InChI=1S/C12H16ClFN2O3S/c13-11-7-10(1-2-12(11)14)15-20(18,19)16-5-3-9(8-17)4-6-16/h1-2,7,9,15,17H,3-6,8H2. The molecule has 0 aromatic heterocycles. The third-order valence-electron chi connectivity index (χ3n) is 3.34. The Kier molecular flexibility index (Phi) is 4.85. The minimum Gasteiger partial charge on any atom is -0.396 e. The summed E-state index contributed by atoms with van der Waals surface area (Å²) in [5.41, 5.74) is 0.223. The molecule has 0 bridgehead atoms. The lowest BCUT2D eigenvalue weighted by atomic mass is 10.00. The van der Waals surface area contributed by atoms with E-state index >= 15 is 0 Å². The summed E-state index contributed by atoms with van der Waals surface area (Å²) in [7, 11) is -3.68. The summed E-state index contributed by atoms with van der Waals surface area (Å²) < 4.78 is 41.0. The highest BCUT2D eigenvalue weighted by Gasteiger charge is 2.27. The van der Waals surface area contributed by atoms with Crippen LogP contribution in [0.4, 0.5) is 10.1 Å². The van der Waals surface area contributed by atoms with Crippen LogP contribution in [0.3, 0.4) is 0 Å². The van der Waals surface area contributed by atoms with Crippen LogP contribution in [0.1, 0.15) is 12.8 Å². The Balaban J connectivity index is 2.05. The van der Waals surface area contributed by atoms with Crippen molar-refractivity contribution < 1.29 is 17.9 Å². The molecule has 0 amide bonds. The van der Waals surface area contributed by atoms with Gasteiger partial charge in [-0.1, -0.05) is 11.6 Å². The van der Waals surface area contributed by atoms with Gasteiger partial charge in [0.15, 0.2) is 0 Å². The molecule has 2 N–H and O–H groups in total. The number of hydrogen-bond acceptors (Lipinski definition) is 3. The minimum atomic E-state index is -3.68. The maximum absolute atomic E-state index is 13.0. The average molecular weight is 323 g/mol. The van der Waals surface area contributed by atoms with Crippen molar-refractivity contribution in [3.8, 4) is 0 Å². The van der Waals surface area contributed by atoms with Gasteiger partial charge in [0.05, 0.1) is 10.7 Å². The van der Waals surface area contributed by atoms with Crippen LogP contribution in [0.5, 0.6) is 0 Å². The van der Waals surface area contributed by atoms with E-state index in [0.717, 1.165) is 6.07 Å². The van der Waals surface area contributed by atoms with Gasteiger partial charge in [0.2, 0.25) is 0 Å². The number of benzene rings is 1. The molecule has 2 rings (SSSR count). The van der Waals surface area contributed by atoms with E-state index in [-0.39, 0.29) is 23.2 Å². The van der Waals surface area contributed by atoms with E-state index in [0.29, 0.717) is 25.9 Å². The molecule has 0 aliphatic carbocycles. The van der Waals surface area contributed by atoms with Crippen molar-refractivity contribution in [2.75, 3.05) is 24.4 Å². The molecule has 5 nitrogen and oxygen atoms in total. The van der Waals surface area contributed by atoms with Crippen LogP contribution in [0.25, 0.3) is 0 Å². The van der Waals surface area contributed by atoms with Gasteiger partial charge in [0.25, 0.3) is 0 Å². The Morgan fingerprint density at radius 2 is 2.05 bits per heavy atom. The molecule has 1 saturated heterocycles. The van der Waals surface area contributed by atoms with Crippen molar-refractivity contribution in [2.45, 2.75) is 12.8 Å². The zero-order valence-electron chi connectivity index (χ0n) is 10.7. The summed E-state index contributed by atoms with van der Waals surface area (Å²) in [6, 6.07) is 3.66. The van der Waals surface area contributed by atoms with Crippen LogP contribution in [-0.2, 0) is 10.2 Å². The molecule has 1 aromatic rings. The van der Waals surface area contributed by atoms with Gasteiger partial charge in [-0.3, -0.25) is 4.72 Å². The van der Waals surface area contributed by atoms with Gasteiger partial charge in [-0.2, -0.15) is 12.7 Å². The number of nitrogens with zero attached hydrogens (tertiary/aromatic N) is 1. The van der Waals surface area contributed by atoms with E-state index in [1.807, 2.05) is 0 Å². The Labute approximate surface area is 122 Å². The number of aliphatic hydroxyl groups is 1. The predicted octanol–water partition coefficient (Wildman–Crippen LogP) is 1.84. The Morgan fingerprint density at radius 1 is 1.40 bits per heavy atom. The van der Waals surface area contributed by atoms with E-state index in [1.165, 1.54) is 16.4 Å². The molecule has 0 radical (unpaired) electrons. The van der Waals surface area contributed by atoms with Crippen molar-refractivity contribution in [3.05, 3.63) is 29.0 Å². The SMILES string of the molecule is O=S(=O)(Nc1ccc(F)c(Cl)c1)N1CCC(CO)CC1. The molecular weight excluding hydrogens is 307 g/mol. The van der Waals surface area contributed by atoms with Crippen molar-refractivity contribution in [1.29, 1.82) is 0 Å². The van der Waals surface area contributed by atoms with Gasteiger partial charge in [-0.15, -0.1) is 0 Å². The zero-order valence-corrected chi connectivity index (χ0v) is 12.3. The highest BCUT2D eigenvalue weighted by Crippen LogP contribution is 2.23. The van der Waals surface area contributed by atoms with Gasteiger partial charge in [0, 0.05) is 19.7 Å². The minimum absolute atomic E-state index is 0.0783. The molecule has 0 unspecified atom stereocenters. The first-order valence-electron chi connectivity index (χ1n) is 6.26. The van der Waals surface area contributed by atoms with E-state index in [4.69, 9.17) is 16.7 Å². The number of anilines is 1. The summed E-state index contributed by atoms with van der Waals surface area (Å²) in [5, 5.41) is 8.90. The van der Waals surface area contributed by atoms with E-state index in [9.17, 15) is 12.8 Å². The molecule has 20 heavy (non-hydrogen) atoms. The molecule has 1 heterocycles. The second kappa shape index (κ2) is 6.26. The summed E-state index contributed by atoms with van der Waals surface area (Å²) in [4.78, 5) is 0. The van der Waals surface area contributed by atoms with Crippen LogP contribution >= 0.6 is 11.6 Å². The fraction of sp³-hybridized carbons (Fsp3) is 0.500. The summed E-state index contributed by atoms with van der Waals surface area (Å²) >= 11 is 5.62. The number of hydrogen-bond donors (Lipinski definition) is 2. The van der Waals surface area contributed by atoms with Crippen LogP contribution < -0.4 is 4.72 Å². The topological polar surface area (TPSA) is 69.6 Å². The third-order valence-corrected chi connectivity index (χ3v) is 5.17. The van der Waals surface area contributed by atoms with E-state index in [1.54, 1.807) is 0 Å². The molecule has 1 aliphatic heterocycles.